The molecule has 36 heavy (non-hydrogen) atoms. The van der Waals surface area contributed by atoms with Crippen LogP contribution in [0.15, 0.2) is 12.2 Å². The van der Waals surface area contributed by atoms with E-state index in [-0.39, 0.29) is 47.1 Å². The Kier molecular flexibility index (Phi) is 4.38. The Labute approximate surface area is 211 Å². The van der Waals surface area contributed by atoms with E-state index in [1.165, 1.54) is 6.08 Å². The zero-order valence-electron chi connectivity index (χ0n) is 21.6. The number of aliphatic hydroxyl groups is 3. The Balaban J connectivity index is 1.28. The summed E-state index contributed by atoms with van der Waals surface area (Å²) in [6, 6.07) is 0. The summed E-state index contributed by atoms with van der Waals surface area (Å²) in [6.45, 7) is 9.47. The zero-order valence-corrected chi connectivity index (χ0v) is 21.6. The first kappa shape index (κ1) is 23.8. The predicted molar refractivity (Wildman–Crippen MR) is 125 cm³/mol. The highest BCUT2D eigenvalue weighted by Crippen LogP contribution is 2.74. The SMILES string of the molecule is C[C@@H]1[C@@H](C)C(=O)O[C@]12O[C@H]1C[C@@H]3[C@H]4C[C@H]5O[C@]56[C@@H](O)C=CC(=O)[C@]6(C)[C@H]4CC[C@]3(C)[C@H]1[C@@](C)(O)[C@@H]2O. The average molecular weight is 503 g/mol. The topological polar surface area (TPSA) is 126 Å². The normalized spacial score (nSPS) is 64.8. The van der Waals surface area contributed by atoms with Gasteiger partial charge in [0.1, 0.15) is 23.4 Å². The summed E-state index contributed by atoms with van der Waals surface area (Å²) in [4.78, 5) is 25.9. The molecule has 0 aromatic carbocycles. The van der Waals surface area contributed by atoms with E-state index >= 15 is 0 Å². The molecule has 8 nitrogen and oxygen atoms in total. The molecule has 0 unspecified atom stereocenters. The van der Waals surface area contributed by atoms with Crippen molar-refractivity contribution in [2.45, 2.75) is 102 Å². The maximum atomic E-state index is 13.4. The first-order valence-electron chi connectivity index (χ1n) is 13.7. The van der Waals surface area contributed by atoms with Crippen LogP contribution in [0.1, 0.15) is 60.3 Å². The van der Waals surface area contributed by atoms with Crippen molar-refractivity contribution in [1.29, 1.82) is 0 Å². The van der Waals surface area contributed by atoms with Crippen LogP contribution in [-0.4, -0.2) is 68.5 Å². The number of carbonyl (C=O) groups excluding carboxylic acids is 2. The summed E-state index contributed by atoms with van der Waals surface area (Å²) >= 11 is 0. The second kappa shape index (κ2) is 6.63. The second-order valence-corrected chi connectivity index (χ2v) is 13.6. The number of rotatable bonds is 0. The van der Waals surface area contributed by atoms with Crippen molar-refractivity contribution in [1.82, 2.24) is 0 Å². The largest absolute Gasteiger partial charge is 0.429 e. The van der Waals surface area contributed by atoms with Gasteiger partial charge in [0.15, 0.2) is 5.78 Å². The first-order chi connectivity index (χ1) is 16.8. The molecule has 4 aliphatic carbocycles. The molecule has 7 rings (SSSR count). The first-order valence-corrected chi connectivity index (χ1v) is 13.7. The molecule has 0 bridgehead atoms. The van der Waals surface area contributed by atoms with Crippen LogP contribution in [0.2, 0.25) is 0 Å². The Morgan fingerprint density at radius 2 is 1.75 bits per heavy atom. The van der Waals surface area contributed by atoms with Gasteiger partial charge in [-0.15, -0.1) is 0 Å². The summed E-state index contributed by atoms with van der Waals surface area (Å²) in [5, 5.41) is 34.4. The van der Waals surface area contributed by atoms with Crippen LogP contribution in [0.25, 0.3) is 0 Å². The summed E-state index contributed by atoms with van der Waals surface area (Å²) in [5.41, 5.74) is -3.47. The molecule has 15 atom stereocenters. The van der Waals surface area contributed by atoms with E-state index in [2.05, 4.69) is 6.92 Å². The number of ether oxygens (including phenoxy) is 3. The van der Waals surface area contributed by atoms with Crippen LogP contribution in [0.5, 0.6) is 0 Å². The summed E-state index contributed by atoms with van der Waals surface area (Å²) in [7, 11) is 0. The molecule has 3 saturated heterocycles. The van der Waals surface area contributed by atoms with Gasteiger partial charge in [-0.25, -0.2) is 0 Å². The van der Waals surface area contributed by atoms with Crippen LogP contribution in [0, 0.1) is 46.3 Å². The van der Waals surface area contributed by atoms with E-state index in [9.17, 15) is 24.9 Å². The highest BCUT2D eigenvalue weighted by atomic mass is 16.7. The average Bonchev–Trinajstić information content (AvgIpc) is 3.42. The van der Waals surface area contributed by atoms with Crippen molar-refractivity contribution >= 4 is 11.8 Å². The molecular formula is C28H38O8. The lowest BCUT2D eigenvalue weighted by Crippen LogP contribution is -2.71. The van der Waals surface area contributed by atoms with Crippen LogP contribution in [0.3, 0.4) is 0 Å². The lowest BCUT2D eigenvalue weighted by molar-refractivity contribution is -0.368. The third-order valence-corrected chi connectivity index (χ3v) is 12.5. The molecular weight excluding hydrogens is 464 g/mol. The van der Waals surface area contributed by atoms with Gasteiger partial charge in [0.05, 0.1) is 23.5 Å². The van der Waals surface area contributed by atoms with Gasteiger partial charge in [-0.1, -0.05) is 20.8 Å². The van der Waals surface area contributed by atoms with Gasteiger partial charge in [0, 0.05) is 11.8 Å². The van der Waals surface area contributed by atoms with Crippen molar-refractivity contribution in [2.75, 3.05) is 0 Å². The van der Waals surface area contributed by atoms with Gasteiger partial charge >= 0.3 is 5.97 Å². The van der Waals surface area contributed by atoms with E-state index in [1.807, 2.05) is 13.8 Å². The highest BCUT2D eigenvalue weighted by Gasteiger charge is 2.82. The molecule has 3 heterocycles. The monoisotopic (exact) mass is 502 g/mol. The van der Waals surface area contributed by atoms with Crippen LogP contribution >= 0.6 is 0 Å². The van der Waals surface area contributed by atoms with Crippen LogP contribution in [0.4, 0.5) is 0 Å². The zero-order chi connectivity index (χ0) is 25.8. The third-order valence-electron chi connectivity index (χ3n) is 12.5. The highest BCUT2D eigenvalue weighted by molar-refractivity contribution is 5.98. The van der Waals surface area contributed by atoms with E-state index in [0.717, 1.165) is 19.3 Å². The number of epoxide rings is 1. The molecule has 0 aromatic heterocycles. The fourth-order valence-corrected chi connectivity index (χ4v) is 10.5. The van der Waals surface area contributed by atoms with Crippen LogP contribution in [-0.2, 0) is 23.8 Å². The number of ketones is 1. The van der Waals surface area contributed by atoms with Gasteiger partial charge in [0.2, 0.25) is 5.79 Å². The number of allylic oxidation sites excluding steroid dienone is 1. The Morgan fingerprint density at radius 3 is 2.42 bits per heavy atom. The quantitative estimate of drug-likeness (QED) is 0.338. The van der Waals surface area contributed by atoms with Crippen molar-refractivity contribution in [3.63, 3.8) is 0 Å². The summed E-state index contributed by atoms with van der Waals surface area (Å²) in [6.07, 6.45) is 3.37. The van der Waals surface area contributed by atoms with E-state index < -0.39 is 52.4 Å². The summed E-state index contributed by atoms with van der Waals surface area (Å²) < 4.78 is 18.5. The van der Waals surface area contributed by atoms with Crippen LogP contribution < -0.4 is 0 Å². The number of aliphatic hydroxyl groups excluding tert-OH is 2. The van der Waals surface area contributed by atoms with Crippen molar-refractivity contribution in [3.8, 4) is 0 Å². The minimum atomic E-state index is -1.56. The van der Waals surface area contributed by atoms with E-state index in [1.54, 1.807) is 19.9 Å². The number of hydrogen-bond acceptors (Lipinski definition) is 8. The van der Waals surface area contributed by atoms with Crippen molar-refractivity contribution in [3.05, 3.63) is 12.2 Å². The molecule has 0 amide bonds. The fourth-order valence-electron chi connectivity index (χ4n) is 10.5. The third kappa shape index (κ3) is 2.29. The number of esters is 1. The van der Waals surface area contributed by atoms with Gasteiger partial charge in [0.25, 0.3) is 0 Å². The van der Waals surface area contributed by atoms with Gasteiger partial charge in [-0.05, 0) is 74.9 Å². The minimum Gasteiger partial charge on any atom is -0.429 e. The molecule has 8 heteroatoms. The minimum absolute atomic E-state index is 0.0299. The number of carbonyl (C=O) groups is 2. The summed E-state index contributed by atoms with van der Waals surface area (Å²) in [5.74, 6) is -2.78. The Hall–Kier alpha value is -1.32. The fraction of sp³-hybridized carbons (Fsp3) is 0.857. The van der Waals surface area contributed by atoms with E-state index in [4.69, 9.17) is 14.2 Å². The van der Waals surface area contributed by atoms with Gasteiger partial charge < -0.3 is 29.5 Å². The van der Waals surface area contributed by atoms with Crippen molar-refractivity contribution < 1.29 is 39.1 Å². The molecule has 6 fully saturated rings. The predicted octanol–water partition coefficient (Wildman–Crippen LogP) is 1.74. The Bertz CT molecular complexity index is 1090. The number of hydrogen-bond donors (Lipinski definition) is 3. The standard InChI is InChI=1S/C28H38O8/c1-12-13(2)28(36-22(12)31)23(32)26(5,33)21-17(34-28)11-16-14-10-20-27(35-20)19(30)7-6-18(29)25(27,4)15(14)8-9-24(16,21)3/h6-7,12-17,19-21,23,30,32-33H,8-11H2,1-5H3/t12-,13-,14+,15+,16-,17+,19+,20-,21+,23+,24+,25+,26-,27-,28-/m1/s1. The van der Waals surface area contributed by atoms with Crippen molar-refractivity contribution in [2.24, 2.45) is 46.3 Å². The molecule has 0 radical (unpaired) electrons. The molecule has 3 N–H and O–H groups in total. The number of fused-ring (bicyclic) bond motifs is 6. The molecule has 3 aliphatic heterocycles. The molecule has 0 aromatic rings. The second-order valence-electron chi connectivity index (χ2n) is 13.6. The molecule has 7 aliphatic rings. The molecule has 198 valence electrons. The lowest BCUT2D eigenvalue weighted by Gasteiger charge is -2.60. The smallest absolute Gasteiger partial charge is 0.311 e. The van der Waals surface area contributed by atoms with E-state index in [0.29, 0.717) is 6.42 Å². The van der Waals surface area contributed by atoms with Gasteiger partial charge in [-0.3, -0.25) is 9.59 Å². The Morgan fingerprint density at radius 1 is 1.03 bits per heavy atom. The van der Waals surface area contributed by atoms with Gasteiger partial charge in [-0.2, -0.15) is 0 Å². The maximum absolute atomic E-state index is 13.4. The lowest BCUT2D eigenvalue weighted by atomic mass is 9.44. The molecule has 3 saturated carbocycles. The molecule has 2 spiro atoms. The maximum Gasteiger partial charge on any atom is 0.311 e.